The van der Waals surface area contributed by atoms with Crippen molar-refractivity contribution in [1.29, 1.82) is 0 Å². The minimum atomic E-state index is -1.18. The highest BCUT2D eigenvalue weighted by atomic mass is 35.5. The molecule has 0 saturated heterocycles. The van der Waals surface area contributed by atoms with E-state index in [1.54, 1.807) is 13.8 Å². The standard InChI is InChI=1S/C50H72ClN3O6/c1-29(2)40-35(55)27-50(43(57)34-26-31(20-25-54(10)11)42(53-52-34)30-12-14-32(51)15-13-30)24-23-48(8)33(41(40)50)16-17-37-47(7)21-19-38(60-39(56)28-45(3,4)44(58)59)46(5,6)36(47)18-22-49(37,48)9/h12-15,29,31,33,36-38,43,57H,16-28H2,1-11H3,(H,58,59)/t31-,33?,36-,37+,38-,43?,47-,48+,49+,50+/m0/s1. The third kappa shape index (κ3) is 7.16. The molecule has 0 spiro atoms. The number of aliphatic hydroxyl groups is 1. The number of benzene rings is 1. The third-order valence-electron chi connectivity index (χ3n) is 17.9. The lowest BCUT2D eigenvalue weighted by Crippen LogP contribution is -2.66. The Bertz CT molecular complexity index is 1980. The zero-order valence-corrected chi connectivity index (χ0v) is 39.0. The van der Waals surface area contributed by atoms with Crippen molar-refractivity contribution in [2.75, 3.05) is 20.6 Å². The fourth-order valence-electron chi connectivity index (χ4n) is 14.5. The first kappa shape index (κ1) is 45.2. The Morgan fingerprint density at radius 2 is 1.62 bits per heavy atom. The van der Waals surface area contributed by atoms with Gasteiger partial charge in [-0.25, -0.2) is 0 Å². The van der Waals surface area contributed by atoms with E-state index in [4.69, 9.17) is 26.5 Å². The van der Waals surface area contributed by atoms with Gasteiger partial charge in [-0.2, -0.15) is 10.2 Å². The number of carboxylic acids is 1. The summed E-state index contributed by atoms with van der Waals surface area (Å²) in [7, 11) is 4.16. The van der Waals surface area contributed by atoms with Crippen molar-refractivity contribution in [3.05, 3.63) is 46.0 Å². The summed E-state index contributed by atoms with van der Waals surface area (Å²) in [6, 6.07) is 7.79. The highest BCUT2D eigenvalue weighted by Crippen LogP contribution is 2.77. The van der Waals surface area contributed by atoms with E-state index in [1.807, 2.05) is 24.3 Å². The van der Waals surface area contributed by atoms with Gasteiger partial charge in [0.2, 0.25) is 0 Å². The van der Waals surface area contributed by atoms with Crippen LogP contribution in [0.2, 0.25) is 5.02 Å². The molecule has 10 heteroatoms. The molecular weight excluding hydrogens is 774 g/mol. The molecule has 1 heterocycles. The molecule has 4 saturated carbocycles. The van der Waals surface area contributed by atoms with E-state index in [-0.39, 0.29) is 57.7 Å². The molecule has 0 radical (unpaired) electrons. The third-order valence-corrected chi connectivity index (χ3v) is 18.1. The van der Waals surface area contributed by atoms with Gasteiger partial charge in [-0.3, -0.25) is 14.4 Å². The molecule has 60 heavy (non-hydrogen) atoms. The monoisotopic (exact) mass is 846 g/mol. The number of nitrogens with zero attached hydrogens (tertiary/aromatic N) is 3. The molecule has 2 N–H and O–H groups in total. The Morgan fingerprint density at radius 3 is 2.25 bits per heavy atom. The topological polar surface area (TPSA) is 129 Å². The van der Waals surface area contributed by atoms with E-state index in [0.29, 0.717) is 35.4 Å². The van der Waals surface area contributed by atoms with E-state index < -0.39 is 28.9 Å². The number of carbonyl (C=O) groups is 3. The minimum Gasteiger partial charge on any atom is -0.481 e. The number of allylic oxidation sites excluding steroid dienone is 1. The Balaban J connectivity index is 1.20. The second-order valence-corrected chi connectivity index (χ2v) is 23.0. The average molecular weight is 847 g/mol. The van der Waals surface area contributed by atoms with Crippen LogP contribution >= 0.6 is 11.6 Å². The number of rotatable bonds is 11. The molecule has 1 aliphatic heterocycles. The number of hydrogen-bond donors (Lipinski definition) is 2. The van der Waals surface area contributed by atoms with Crippen LogP contribution in [-0.2, 0) is 19.1 Å². The van der Waals surface area contributed by atoms with Crippen molar-refractivity contribution < 1.29 is 29.3 Å². The average Bonchev–Trinajstić information content (AvgIpc) is 3.48. The van der Waals surface area contributed by atoms with Crippen LogP contribution in [0.1, 0.15) is 145 Å². The number of ketones is 1. The van der Waals surface area contributed by atoms with Crippen LogP contribution in [0.25, 0.3) is 0 Å². The van der Waals surface area contributed by atoms with Gasteiger partial charge in [0.25, 0.3) is 0 Å². The number of ether oxygens (including phenoxy) is 1. The number of esters is 1. The van der Waals surface area contributed by atoms with Gasteiger partial charge >= 0.3 is 11.9 Å². The van der Waals surface area contributed by atoms with E-state index >= 15 is 0 Å². The predicted octanol–water partition coefficient (Wildman–Crippen LogP) is 10.2. The summed E-state index contributed by atoms with van der Waals surface area (Å²) >= 11 is 6.27. The number of hydrogen-bond acceptors (Lipinski definition) is 8. The molecule has 4 fully saturated rings. The number of halogens is 1. The summed E-state index contributed by atoms with van der Waals surface area (Å²) in [5, 5.41) is 32.9. The van der Waals surface area contributed by atoms with Gasteiger partial charge in [0.1, 0.15) is 12.2 Å². The number of carbonyl (C=O) groups excluding carboxylic acids is 2. The van der Waals surface area contributed by atoms with Crippen LogP contribution in [-0.4, -0.2) is 77.1 Å². The normalized spacial score (nSPS) is 36.8. The van der Waals surface area contributed by atoms with Gasteiger partial charge in [-0.05, 0) is 167 Å². The lowest BCUT2D eigenvalue weighted by Gasteiger charge is -2.72. The second-order valence-electron chi connectivity index (χ2n) is 22.5. The minimum absolute atomic E-state index is 0.00150. The Hall–Kier alpha value is -2.88. The number of fused-ring (bicyclic) bond motifs is 7. The quantitative estimate of drug-likeness (QED) is 0.212. The van der Waals surface area contributed by atoms with Gasteiger partial charge in [-0.1, -0.05) is 72.2 Å². The van der Waals surface area contributed by atoms with Crippen LogP contribution in [0.5, 0.6) is 0 Å². The molecule has 0 aromatic heterocycles. The second kappa shape index (κ2) is 15.7. The molecule has 6 aliphatic rings. The first-order valence-corrected chi connectivity index (χ1v) is 23.2. The summed E-state index contributed by atoms with van der Waals surface area (Å²) in [5.74, 6) is -0.141. The van der Waals surface area contributed by atoms with Crippen LogP contribution in [0.3, 0.4) is 0 Å². The van der Waals surface area contributed by atoms with Gasteiger partial charge in [0, 0.05) is 28.2 Å². The van der Waals surface area contributed by atoms with Gasteiger partial charge in [0.15, 0.2) is 5.78 Å². The number of Topliss-reactive ketones (excluding diaryl/α,β-unsaturated/α-hetero) is 1. The molecule has 5 aliphatic carbocycles. The molecule has 0 amide bonds. The summed E-state index contributed by atoms with van der Waals surface area (Å²) in [5.41, 5.74) is 2.62. The van der Waals surface area contributed by atoms with Crippen molar-refractivity contribution in [3.8, 4) is 0 Å². The maximum absolute atomic E-state index is 14.4. The van der Waals surface area contributed by atoms with Crippen molar-refractivity contribution in [2.24, 2.45) is 72.3 Å². The SMILES string of the molecule is CC(C)C1=C2C3CC[C@@H]4[C@@]5(C)CC[C@H](OC(=O)CC(C)(C)C(=O)O)C(C)(C)[C@@H]5CC[C@@]4(C)[C@]3(C)CC[C@@]2(C(O)C2=NN=C(c3ccc(Cl)cc3)[C@@H](CCN(C)C)C2)CC1=O. The highest BCUT2D eigenvalue weighted by molar-refractivity contribution is 6.30. The van der Waals surface area contributed by atoms with E-state index in [2.05, 4.69) is 67.5 Å². The first-order chi connectivity index (χ1) is 27.9. The molecule has 330 valence electrons. The van der Waals surface area contributed by atoms with Crippen LogP contribution in [0.15, 0.2) is 45.6 Å². The molecule has 1 aromatic rings. The van der Waals surface area contributed by atoms with Gasteiger partial charge < -0.3 is 19.8 Å². The van der Waals surface area contributed by atoms with Crippen molar-refractivity contribution in [3.63, 3.8) is 0 Å². The van der Waals surface area contributed by atoms with E-state index in [0.717, 1.165) is 81.2 Å². The lowest BCUT2D eigenvalue weighted by atomic mass is 9.33. The smallest absolute Gasteiger partial charge is 0.309 e. The Labute approximate surface area is 364 Å². The predicted molar refractivity (Wildman–Crippen MR) is 238 cm³/mol. The van der Waals surface area contributed by atoms with Crippen molar-refractivity contribution >= 4 is 40.7 Å². The summed E-state index contributed by atoms with van der Waals surface area (Å²) in [6.07, 6.45) is 7.99. The largest absolute Gasteiger partial charge is 0.481 e. The first-order valence-electron chi connectivity index (χ1n) is 22.9. The molecule has 7 rings (SSSR count). The van der Waals surface area contributed by atoms with Crippen molar-refractivity contribution in [1.82, 2.24) is 4.90 Å². The fourth-order valence-corrected chi connectivity index (χ4v) is 14.6. The van der Waals surface area contributed by atoms with Crippen molar-refractivity contribution in [2.45, 2.75) is 152 Å². The summed E-state index contributed by atoms with van der Waals surface area (Å²) in [4.78, 5) is 41.6. The molecule has 10 atom stereocenters. The molecule has 1 aromatic carbocycles. The number of carboxylic acid groups (broad SMARTS) is 1. The zero-order valence-electron chi connectivity index (χ0n) is 38.3. The Morgan fingerprint density at radius 1 is 0.933 bits per heavy atom. The van der Waals surface area contributed by atoms with E-state index in [1.165, 1.54) is 5.57 Å². The molecule has 2 unspecified atom stereocenters. The molecule has 0 bridgehead atoms. The maximum atomic E-state index is 14.4. The molecular formula is C50H72ClN3O6. The van der Waals surface area contributed by atoms with Gasteiger partial charge in [0.05, 0.1) is 23.3 Å². The zero-order chi connectivity index (χ0) is 44.0. The Kier molecular flexibility index (Phi) is 11.8. The maximum Gasteiger partial charge on any atom is 0.309 e. The van der Waals surface area contributed by atoms with Crippen LogP contribution in [0, 0.1) is 62.1 Å². The van der Waals surface area contributed by atoms with Crippen LogP contribution in [0.4, 0.5) is 0 Å². The fraction of sp³-hybridized carbons (Fsp3) is 0.740. The summed E-state index contributed by atoms with van der Waals surface area (Å²) in [6.45, 7) is 20.5. The summed E-state index contributed by atoms with van der Waals surface area (Å²) < 4.78 is 6.20. The number of aliphatic carboxylic acids is 1. The molecule has 9 nitrogen and oxygen atoms in total. The van der Waals surface area contributed by atoms with E-state index in [9.17, 15) is 24.6 Å². The van der Waals surface area contributed by atoms with Crippen LogP contribution < -0.4 is 0 Å². The number of aliphatic hydroxyl groups excluding tert-OH is 1. The highest BCUT2D eigenvalue weighted by Gasteiger charge is 2.71. The lowest BCUT2D eigenvalue weighted by molar-refractivity contribution is -0.234. The van der Waals surface area contributed by atoms with Gasteiger partial charge in [-0.15, -0.1) is 0 Å².